The molecule has 0 saturated carbocycles. The molecule has 2 aliphatic rings. The zero-order chi connectivity index (χ0) is 22.3. The molecule has 172 valence electrons. The minimum absolute atomic E-state index is 0.194. The van der Waals surface area contributed by atoms with Crippen molar-refractivity contribution in [3.8, 4) is 11.5 Å². The topological polar surface area (TPSA) is 72.5 Å². The molecular formula is C24H31N3O5. The summed E-state index contributed by atoms with van der Waals surface area (Å²) in [6.07, 6.45) is 0. The quantitative estimate of drug-likeness (QED) is 0.708. The van der Waals surface area contributed by atoms with E-state index in [1.807, 2.05) is 13.0 Å². The molecule has 0 aliphatic carbocycles. The van der Waals surface area contributed by atoms with E-state index in [2.05, 4.69) is 27.2 Å². The number of benzene rings is 2. The maximum absolute atomic E-state index is 13.1. The molecule has 2 aromatic rings. The van der Waals surface area contributed by atoms with Gasteiger partial charge in [0.05, 0.1) is 51.5 Å². The van der Waals surface area contributed by atoms with Crippen LogP contribution in [-0.4, -0.2) is 72.2 Å². The van der Waals surface area contributed by atoms with Gasteiger partial charge >= 0.3 is 0 Å². The number of methoxy groups -OCH3 is 1. The molecule has 0 spiro atoms. The van der Waals surface area contributed by atoms with Crippen LogP contribution in [0.15, 0.2) is 36.4 Å². The maximum Gasteiger partial charge on any atom is 0.255 e. The van der Waals surface area contributed by atoms with Crippen LogP contribution < -0.4 is 24.6 Å². The lowest BCUT2D eigenvalue weighted by Crippen LogP contribution is -2.38. The summed E-state index contributed by atoms with van der Waals surface area (Å²) in [5.74, 6) is 0.964. The Morgan fingerprint density at radius 3 is 2.28 bits per heavy atom. The van der Waals surface area contributed by atoms with Gasteiger partial charge in [-0.2, -0.15) is 0 Å². The van der Waals surface area contributed by atoms with Crippen LogP contribution in [0.5, 0.6) is 11.5 Å². The van der Waals surface area contributed by atoms with Crippen molar-refractivity contribution < 1.29 is 23.7 Å². The van der Waals surface area contributed by atoms with Gasteiger partial charge in [-0.15, -0.1) is 0 Å². The normalized spacial score (nSPS) is 16.6. The number of nitrogens with one attached hydrogen (secondary N) is 1. The monoisotopic (exact) mass is 441 g/mol. The fourth-order valence-electron chi connectivity index (χ4n) is 3.99. The van der Waals surface area contributed by atoms with E-state index in [0.717, 1.165) is 56.5 Å². The highest BCUT2D eigenvalue weighted by Gasteiger charge is 2.20. The summed E-state index contributed by atoms with van der Waals surface area (Å²) in [5, 5.41) is 3.10. The number of amides is 1. The minimum Gasteiger partial charge on any atom is -0.493 e. The molecule has 0 unspecified atom stereocenters. The second-order valence-electron chi connectivity index (χ2n) is 7.65. The van der Waals surface area contributed by atoms with Gasteiger partial charge < -0.3 is 34.1 Å². The van der Waals surface area contributed by atoms with Crippen LogP contribution in [0, 0.1) is 0 Å². The van der Waals surface area contributed by atoms with Crippen molar-refractivity contribution in [2.24, 2.45) is 0 Å². The van der Waals surface area contributed by atoms with Gasteiger partial charge in [0.25, 0.3) is 5.91 Å². The van der Waals surface area contributed by atoms with Gasteiger partial charge in [0.15, 0.2) is 11.5 Å². The number of hydrogen-bond acceptors (Lipinski definition) is 7. The van der Waals surface area contributed by atoms with E-state index in [9.17, 15) is 4.79 Å². The molecule has 32 heavy (non-hydrogen) atoms. The van der Waals surface area contributed by atoms with Gasteiger partial charge in [-0.3, -0.25) is 4.79 Å². The van der Waals surface area contributed by atoms with Crippen molar-refractivity contribution >= 4 is 23.0 Å². The molecular weight excluding hydrogens is 410 g/mol. The number of rotatable bonds is 7. The second kappa shape index (κ2) is 10.6. The summed E-state index contributed by atoms with van der Waals surface area (Å²) < 4.78 is 22.0. The predicted octanol–water partition coefficient (Wildman–Crippen LogP) is 3.02. The summed E-state index contributed by atoms with van der Waals surface area (Å²) in [5.41, 5.74) is 3.43. The van der Waals surface area contributed by atoms with Crippen molar-refractivity contribution in [2.45, 2.75) is 6.92 Å². The molecule has 8 heteroatoms. The largest absolute Gasteiger partial charge is 0.493 e. The predicted molar refractivity (Wildman–Crippen MR) is 125 cm³/mol. The minimum atomic E-state index is -0.194. The van der Waals surface area contributed by atoms with E-state index in [0.29, 0.717) is 36.9 Å². The lowest BCUT2D eigenvalue weighted by molar-refractivity contribution is 0.102. The number of nitrogens with zero attached hydrogens (tertiary/aromatic N) is 2. The molecule has 2 aromatic carbocycles. The maximum atomic E-state index is 13.1. The van der Waals surface area contributed by atoms with Crippen LogP contribution in [-0.2, 0) is 9.47 Å². The van der Waals surface area contributed by atoms with E-state index < -0.39 is 0 Å². The third-order valence-corrected chi connectivity index (χ3v) is 5.68. The molecule has 0 radical (unpaired) electrons. The SMILES string of the molecule is CCOc1ccc(C(=O)Nc2ccc(N3CCOCC3)cc2N2CCOCC2)cc1OC. The van der Waals surface area contributed by atoms with Crippen LogP contribution in [0.2, 0.25) is 0 Å². The van der Waals surface area contributed by atoms with Gasteiger partial charge in [-0.25, -0.2) is 0 Å². The molecule has 2 aliphatic heterocycles. The number of anilines is 3. The smallest absolute Gasteiger partial charge is 0.255 e. The lowest BCUT2D eigenvalue weighted by Gasteiger charge is -2.33. The van der Waals surface area contributed by atoms with Gasteiger partial charge in [-0.05, 0) is 43.3 Å². The molecule has 2 saturated heterocycles. The molecule has 0 atom stereocenters. The van der Waals surface area contributed by atoms with Gasteiger partial charge in [0.2, 0.25) is 0 Å². The number of ether oxygens (including phenoxy) is 4. The van der Waals surface area contributed by atoms with Crippen LogP contribution in [0.3, 0.4) is 0 Å². The fourth-order valence-corrected chi connectivity index (χ4v) is 3.99. The summed E-state index contributed by atoms with van der Waals surface area (Å²) >= 11 is 0. The molecule has 2 fully saturated rings. The van der Waals surface area contributed by atoms with Crippen molar-refractivity contribution in [3.63, 3.8) is 0 Å². The van der Waals surface area contributed by atoms with E-state index in [-0.39, 0.29) is 5.91 Å². The average molecular weight is 442 g/mol. The third kappa shape index (κ3) is 5.08. The number of carbonyl (C=O) groups is 1. The van der Waals surface area contributed by atoms with Crippen molar-refractivity contribution in [1.29, 1.82) is 0 Å². The van der Waals surface area contributed by atoms with E-state index in [1.165, 1.54) is 0 Å². The average Bonchev–Trinajstić information content (AvgIpc) is 2.85. The summed E-state index contributed by atoms with van der Waals surface area (Å²) in [4.78, 5) is 17.7. The summed E-state index contributed by atoms with van der Waals surface area (Å²) in [6.45, 7) is 8.53. The van der Waals surface area contributed by atoms with Gasteiger partial charge in [0, 0.05) is 37.4 Å². The van der Waals surface area contributed by atoms with Crippen molar-refractivity contribution in [2.75, 3.05) is 81.4 Å². The standard InChI is InChI=1S/C24H31N3O5/c1-3-32-22-7-4-18(16-23(22)29-2)24(28)25-20-6-5-19(26-8-12-30-13-9-26)17-21(20)27-10-14-31-15-11-27/h4-7,16-17H,3,8-15H2,1-2H3,(H,25,28). The fraction of sp³-hybridized carbons (Fsp3) is 0.458. The first-order valence-corrected chi connectivity index (χ1v) is 11.1. The van der Waals surface area contributed by atoms with Crippen LogP contribution in [0.1, 0.15) is 17.3 Å². The van der Waals surface area contributed by atoms with Crippen LogP contribution >= 0.6 is 0 Å². The molecule has 0 aromatic heterocycles. The van der Waals surface area contributed by atoms with Crippen LogP contribution in [0.25, 0.3) is 0 Å². The van der Waals surface area contributed by atoms with Gasteiger partial charge in [-0.1, -0.05) is 0 Å². The molecule has 8 nitrogen and oxygen atoms in total. The number of carbonyl (C=O) groups excluding carboxylic acids is 1. The summed E-state index contributed by atoms with van der Waals surface area (Å²) in [7, 11) is 1.57. The first kappa shape index (κ1) is 22.2. The molecule has 1 amide bonds. The molecule has 1 N–H and O–H groups in total. The van der Waals surface area contributed by atoms with Crippen molar-refractivity contribution in [3.05, 3.63) is 42.0 Å². The number of morpholine rings is 2. The van der Waals surface area contributed by atoms with E-state index >= 15 is 0 Å². The highest BCUT2D eigenvalue weighted by molar-refractivity contribution is 6.06. The van der Waals surface area contributed by atoms with E-state index in [1.54, 1.807) is 25.3 Å². The first-order chi connectivity index (χ1) is 15.7. The highest BCUT2D eigenvalue weighted by Crippen LogP contribution is 2.33. The first-order valence-electron chi connectivity index (χ1n) is 11.1. The Balaban J connectivity index is 1.59. The highest BCUT2D eigenvalue weighted by atomic mass is 16.5. The zero-order valence-corrected chi connectivity index (χ0v) is 18.8. The van der Waals surface area contributed by atoms with Crippen molar-refractivity contribution in [1.82, 2.24) is 0 Å². The second-order valence-corrected chi connectivity index (χ2v) is 7.65. The van der Waals surface area contributed by atoms with Gasteiger partial charge in [0.1, 0.15) is 0 Å². The van der Waals surface area contributed by atoms with Crippen LogP contribution in [0.4, 0.5) is 17.1 Å². The number of hydrogen-bond donors (Lipinski definition) is 1. The zero-order valence-electron chi connectivity index (χ0n) is 18.8. The molecule has 2 heterocycles. The third-order valence-electron chi connectivity index (χ3n) is 5.68. The lowest BCUT2D eigenvalue weighted by atomic mass is 10.1. The Bertz CT molecular complexity index is 924. The molecule has 0 bridgehead atoms. The Hall–Kier alpha value is -2.97. The Morgan fingerprint density at radius 2 is 1.62 bits per heavy atom. The Morgan fingerprint density at radius 1 is 0.938 bits per heavy atom. The van der Waals surface area contributed by atoms with E-state index in [4.69, 9.17) is 18.9 Å². The molecule has 4 rings (SSSR count). The summed E-state index contributed by atoms with van der Waals surface area (Å²) in [6, 6.07) is 11.4. The Kier molecular flexibility index (Phi) is 7.34. The Labute approximate surface area is 189 Å².